The van der Waals surface area contributed by atoms with Gasteiger partial charge in [0.15, 0.2) is 11.5 Å². The molecule has 0 saturated heterocycles. The summed E-state index contributed by atoms with van der Waals surface area (Å²) in [4.78, 5) is 15.5. The number of aryl methyl sites for hydroxylation is 1. The molecule has 4 nitrogen and oxygen atoms in total. The lowest BCUT2D eigenvalue weighted by molar-refractivity contribution is 0.0699. The van der Waals surface area contributed by atoms with Crippen LogP contribution in [0.25, 0.3) is 11.1 Å². The van der Waals surface area contributed by atoms with Gasteiger partial charge < -0.3 is 9.52 Å². The van der Waals surface area contributed by atoms with E-state index in [1.165, 1.54) is 11.6 Å². The van der Waals surface area contributed by atoms with Crippen molar-refractivity contribution in [2.75, 3.05) is 0 Å². The summed E-state index contributed by atoms with van der Waals surface area (Å²) in [5.74, 6) is -0.467. The van der Waals surface area contributed by atoms with Crippen LogP contribution in [0.1, 0.15) is 27.4 Å². The molecule has 0 spiro atoms. The average molecular weight is 267 g/mol. The Morgan fingerprint density at radius 2 is 2.05 bits per heavy atom. The van der Waals surface area contributed by atoms with Gasteiger partial charge in [-0.15, -0.1) is 0 Å². The van der Waals surface area contributed by atoms with Crippen molar-refractivity contribution >= 4 is 17.1 Å². The molecule has 0 aliphatic heterocycles. The Hall–Kier alpha value is -2.62. The molecule has 0 radical (unpaired) electrons. The van der Waals surface area contributed by atoms with Crippen molar-refractivity contribution < 1.29 is 14.3 Å². The van der Waals surface area contributed by atoms with Gasteiger partial charge in [0.2, 0.25) is 0 Å². The second-order valence-corrected chi connectivity index (χ2v) is 4.73. The number of para-hydroxylation sites is 1. The predicted molar refractivity (Wildman–Crippen MR) is 75.0 cm³/mol. The fourth-order valence-corrected chi connectivity index (χ4v) is 2.24. The van der Waals surface area contributed by atoms with Crippen molar-refractivity contribution in [3.8, 4) is 0 Å². The fraction of sp³-hybridized carbons (Fsp3) is 0.125. The summed E-state index contributed by atoms with van der Waals surface area (Å²) in [6.07, 6.45) is 0.551. The molecular weight excluding hydrogens is 254 g/mol. The Morgan fingerprint density at radius 3 is 2.80 bits per heavy atom. The van der Waals surface area contributed by atoms with E-state index in [1.807, 2.05) is 25.1 Å². The molecule has 0 aliphatic carbocycles. The van der Waals surface area contributed by atoms with Gasteiger partial charge in [0.1, 0.15) is 5.52 Å². The SMILES string of the molecule is Cc1cccc(Cc2nc3c(C(=O)O)cccc3o2)c1. The van der Waals surface area contributed by atoms with Crippen LogP contribution in [-0.4, -0.2) is 16.1 Å². The van der Waals surface area contributed by atoms with E-state index in [0.29, 0.717) is 23.4 Å². The van der Waals surface area contributed by atoms with Crippen LogP contribution in [0.5, 0.6) is 0 Å². The van der Waals surface area contributed by atoms with E-state index in [2.05, 4.69) is 11.1 Å². The van der Waals surface area contributed by atoms with Gasteiger partial charge in [0.25, 0.3) is 0 Å². The molecule has 100 valence electrons. The third-order valence-corrected chi connectivity index (χ3v) is 3.13. The maximum absolute atomic E-state index is 11.1. The number of aromatic carboxylic acids is 1. The lowest BCUT2D eigenvalue weighted by atomic mass is 10.1. The number of fused-ring (bicyclic) bond motifs is 1. The molecular formula is C16H13NO3. The maximum Gasteiger partial charge on any atom is 0.338 e. The number of nitrogens with zero attached hydrogens (tertiary/aromatic N) is 1. The first kappa shape index (κ1) is 12.4. The molecule has 3 aromatic rings. The van der Waals surface area contributed by atoms with Gasteiger partial charge in [-0.3, -0.25) is 0 Å². The van der Waals surface area contributed by atoms with Crippen LogP contribution in [0.4, 0.5) is 0 Å². The molecule has 0 amide bonds. The lowest BCUT2D eigenvalue weighted by Gasteiger charge is -1.98. The monoisotopic (exact) mass is 267 g/mol. The summed E-state index contributed by atoms with van der Waals surface area (Å²) in [6, 6.07) is 13.0. The largest absolute Gasteiger partial charge is 0.478 e. The van der Waals surface area contributed by atoms with Crippen molar-refractivity contribution in [2.45, 2.75) is 13.3 Å². The highest BCUT2D eigenvalue weighted by atomic mass is 16.4. The quantitative estimate of drug-likeness (QED) is 0.789. The Labute approximate surface area is 115 Å². The number of carbonyl (C=O) groups is 1. The maximum atomic E-state index is 11.1. The van der Waals surface area contributed by atoms with Crippen molar-refractivity contribution in [1.29, 1.82) is 0 Å². The average Bonchev–Trinajstić information content (AvgIpc) is 2.80. The van der Waals surface area contributed by atoms with Gasteiger partial charge in [0.05, 0.1) is 5.56 Å². The molecule has 3 rings (SSSR count). The highest BCUT2D eigenvalue weighted by Crippen LogP contribution is 2.21. The summed E-state index contributed by atoms with van der Waals surface area (Å²) in [7, 11) is 0. The molecule has 0 fully saturated rings. The number of benzene rings is 2. The normalized spacial score (nSPS) is 10.8. The molecule has 20 heavy (non-hydrogen) atoms. The Balaban J connectivity index is 2.01. The number of hydrogen-bond acceptors (Lipinski definition) is 3. The van der Waals surface area contributed by atoms with Gasteiger partial charge in [-0.25, -0.2) is 9.78 Å². The van der Waals surface area contributed by atoms with Crippen molar-refractivity contribution in [3.63, 3.8) is 0 Å². The summed E-state index contributed by atoms with van der Waals surface area (Å²) in [6.45, 7) is 2.03. The first-order chi connectivity index (χ1) is 9.63. The van der Waals surface area contributed by atoms with E-state index < -0.39 is 5.97 Å². The van der Waals surface area contributed by atoms with Crippen LogP contribution in [0, 0.1) is 6.92 Å². The van der Waals surface area contributed by atoms with Gasteiger partial charge >= 0.3 is 5.97 Å². The molecule has 4 heteroatoms. The first-order valence-corrected chi connectivity index (χ1v) is 6.31. The van der Waals surface area contributed by atoms with E-state index in [0.717, 1.165) is 5.56 Å². The highest BCUT2D eigenvalue weighted by Gasteiger charge is 2.14. The molecule has 0 bridgehead atoms. The Kier molecular flexibility index (Phi) is 2.99. The molecule has 0 aliphatic rings. The smallest absolute Gasteiger partial charge is 0.338 e. The molecule has 1 aromatic heterocycles. The number of oxazole rings is 1. The van der Waals surface area contributed by atoms with Crippen molar-refractivity contribution in [3.05, 3.63) is 65.0 Å². The molecule has 0 atom stereocenters. The van der Waals surface area contributed by atoms with E-state index >= 15 is 0 Å². The standard InChI is InChI=1S/C16H13NO3/c1-10-4-2-5-11(8-10)9-14-17-15-12(16(18)19)6-3-7-13(15)20-14/h2-8H,9H2,1H3,(H,18,19). The van der Waals surface area contributed by atoms with E-state index in [1.54, 1.807) is 12.1 Å². The summed E-state index contributed by atoms with van der Waals surface area (Å²) >= 11 is 0. The zero-order chi connectivity index (χ0) is 14.1. The van der Waals surface area contributed by atoms with Gasteiger partial charge in [-0.05, 0) is 24.6 Å². The van der Waals surface area contributed by atoms with Crippen LogP contribution in [0.2, 0.25) is 0 Å². The van der Waals surface area contributed by atoms with Crippen LogP contribution < -0.4 is 0 Å². The number of carboxylic acid groups (broad SMARTS) is 1. The summed E-state index contributed by atoms with van der Waals surface area (Å²) < 4.78 is 5.63. The van der Waals surface area contributed by atoms with Crippen LogP contribution >= 0.6 is 0 Å². The molecule has 0 unspecified atom stereocenters. The third kappa shape index (κ3) is 2.28. The lowest BCUT2D eigenvalue weighted by Crippen LogP contribution is -1.97. The van der Waals surface area contributed by atoms with Gasteiger partial charge in [-0.2, -0.15) is 0 Å². The minimum atomic E-state index is -0.994. The minimum absolute atomic E-state index is 0.168. The fourth-order valence-electron chi connectivity index (χ4n) is 2.24. The number of hydrogen-bond donors (Lipinski definition) is 1. The van der Waals surface area contributed by atoms with E-state index in [4.69, 9.17) is 9.52 Å². The van der Waals surface area contributed by atoms with Crippen LogP contribution in [0.15, 0.2) is 46.9 Å². The number of carboxylic acids is 1. The van der Waals surface area contributed by atoms with Crippen LogP contribution in [0.3, 0.4) is 0 Å². The van der Waals surface area contributed by atoms with E-state index in [-0.39, 0.29) is 5.56 Å². The predicted octanol–water partition coefficient (Wildman–Crippen LogP) is 3.43. The third-order valence-electron chi connectivity index (χ3n) is 3.13. The topological polar surface area (TPSA) is 63.3 Å². The van der Waals surface area contributed by atoms with Gasteiger partial charge in [-0.1, -0.05) is 35.9 Å². The zero-order valence-corrected chi connectivity index (χ0v) is 11.0. The molecule has 1 N–H and O–H groups in total. The highest BCUT2D eigenvalue weighted by molar-refractivity contribution is 6.00. The second kappa shape index (κ2) is 4.81. The van der Waals surface area contributed by atoms with Crippen LogP contribution in [-0.2, 0) is 6.42 Å². The minimum Gasteiger partial charge on any atom is -0.478 e. The summed E-state index contributed by atoms with van der Waals surface area (Å²) in [5.41, 5.74) is 3.34. The summed E-state index contributed by atoms with van der Waals surface area (Å²) in [5, 5.41) is 9.14. The molecule has 1 heterocycles. The Morgan fingerprint density at radius 1 is 1.25 bits per heavy atom. The first-order valence-electron chi connectivity index (χ1n) is 6.31. The van der Waals surface area contributed by atoms with Gasteiger partial charge in [0, 0.05) is 6.42 Å². The molecule has 0 saturated carbocycles. The Bertz CT molecular complexity index is 789. The molecule has 2 aromatic carbocycles. The van der Waals surface area contributed by atoms with E-state index in [9.17, 15) is 4.79 Å². The number of aromatic nitrogens is 1. The zero-order valence-electron chi connectivity index (χ0n) is 11.0. The second-order valence-electron chi connectivity index (χ2n) is 4.73. The number of rotatable bonds is 3. The van der Waals surface area contributed by atoms with Crippen molar-refractivity contribution in [1.82, 2.24) is 4.98 Å². The van der Waals surface area contributed by atoms with Crippen molar-refractivity contribution in [2.24, 2.45) is 0 Å².